The minimum atomic E-state index is 1.01. The van der Waals surface area contributed by atoms with E-state index in [4.69, 9.17) is 9.97 Å². The molecule has 2 heterocycles. The number of hydrogen-bond acceptors (Lipinski definition) is 2. The number of aryl methyl sites for hydroxylation is 1. The Morgan fingerprint density at radius 2 is 0.925 bits per heavy atom. The molecule has 0 saturated carbocycles. The number of hydrogen-bond donors (Lipinski definition) is 0. The Morgan fingerprint density at radius 3 is 1.68 bits per heavy atom. The van der Waals surface area contributed by atoms with E-state index in [1.54, 1.807) is 0 Å². The lowest BCUT2D eigenvalue weighted by Crippen LogP contribution is -1.93. The number of fused-ring (bicyclic) bond motifs is 12. The van der Waals surface area contributed by atoms with Gasteiger partial charge in [-0.15, -0.1) is 0 Å². The van der Waals surface area contributed by atoms with Crippen LogP contribution in [0.25, 0.3) is 109 Å². The van der Waals surface area contributed by atoms with Crippen molar-refractivity contribution in [2.75, 3.05) is 0 Å². The molecule has 0 aliphatic carbocycles. The highest BCUT2D eigenvalue weighted by atomic mass is 14.7. The van der Waals surface area contributed by atoms with Gasteiger partial charge in [0.2, 0.25) is 0 Å². The lowest BCUT2D eigenvalue weighted by molar-refractivity contribution is 1.42. The zero-order valence-corrected chi connectivity index (χ0v) is 29.1. The quantitative estimate of drug-likeness (QED) is 0.175. The van der Waals surface area contributed by atoms with Gasteiger partial charge in [0.05, 0.1) is 16.7 Å². The molecule has 0 aliphatic rings. The second kappa shape index (κ2) is 11.6. The predicted molar refractivity (Wildman–Crippen MR) is 226 cm³/mol. The van der Waals surface area contributed by atoms with Gasteiger partial charge in [-0.25, -0.2) is 4.98 Å². The van der Waals surface area contributed by atoms with E-state index in [0.29, 0.717) is 0 Å². The maximum Gasteiger partial charge on any atom is 0.0794 e. The van der Waals surface area contributed by atoms with Crippen molar-refractivity contribution < 1.29 is 0 Å². The molecule has 53 heavy (non-hydrogen) atoms. The first kappa shape index (κ1) is 29.8. The van der Waals surface area contributed by atoms with Gasteiger partial charge < -0.3 is 0 Å². The van der Waals surface area contributed by atoms with Crippen LogP contribution in [0.5, 0.6) is 0 Å². The number of nitrogens with zero attached hydrogens (tertiary/aromatic N) is 2. The molecule has 0 bridgehead atoms. The molecule has 0 amide bonds. The SMILES string of the molecule is Cc1ccc(-c2ccc(-c3ccc(-c4nc5ccccc5c5c6ccccc6c6ccccc6c45)cc3)c3ccccc23)c2ccc3cccnc3c12. The largest absolute Gasteiger partial charge is 0.256 e. The van der Waals surface area contributed by atoms with Gasteiger partial charge in [0, 0.05) is 38.7 Å². The Morgan fingerprint density at radius 1 is 0.358 bits per heavy atom. The Bertz CT molecular complexity index is 3280. The van der Waals surface area contributed by atoms with E-state index >= 15 is 0 Å². The van der Waals surface area contributed by atoms with Gasteiger partial charge in [-0.05, 0) is 84.6 Å². The van der Waals surface area contributed by atoms with Crippen LogP contribution >= 0.6 is 0 Å². The first-order chi connectivity index (χ1) is 26.2. The minimum absolute atomic E-state index is 1.01. The summed E-state index contributed by atoms with van der Waals surface area (Å²) in [4.78, 5) is 10.2. The second-order valence-electron chi connectivity index (χ2n) is 14.1. The van der Waals surface area contributed by atoms with Crippen LogP contribution in [0.3, 0.4) is 0 Å². The lowest BCUT2D eigenvalue weighted by atomic mass is 9.88. The van der Waals surface area contributed by atoms with Gasteiger partial charge in [-0.3, -0.25) is 4.98 Å². The van der Waals surface area contributed by atoms with Crippen molar-refractivity contribution >= 4 is 75.7 Å². The fraction of sp³-hybridized carbons (Fsp3) is 0.0196. The van der Waals surface area contributed by atoms with E-state index in [2.05, 4.69) is 171 Å². The molecular formula is C51H32N2. The predicted octanol–water partition coefficient (Wildman–Crippen LogP) is 13.9. The summed E-state index contributed by atoms with van der Waals surface area (Å²) in [6.07, 6.45) is 1.89. The summed E-state index contributed by atoms with van der Waals surface area (Å²) in [7, 11) is 0. The van der Waals surface area contributed by atoms with Crippen LogP contribution in [0.1, 0.15) is 5.56 Å². The van der Waals surface area contributed by atoms with Crippen LogP contribution in [0.2, 0.25) is 0 Å². The van der Waals surface area contributed by atoms with Gasteiger partial charge >= 0.3 is 0 Å². The molecule has 0 N–H and O–H groups in total. The van der Waals surface area contributed by atoms with Crippen LogP contribution in [-0.4, -0.2) is 9.97 Å². The average molecular weight is 673 g/mol. The second-order valence-corrected chi connectivity index (χ2v) is 14.1. The molecule has 2 nitrogen and oxygen atoms in total. The number of rotatable bonds is 3. The molecule has 0 atom stereocenters. The summed E-state index contributed by atoms with van der Waals surface area (Å²) in [5.74, 6) is 0. The summed E-state index contributed by atoms with van der Waals surface area (Å²) in [5, 5.41) is 14.7. The zero-order valence-electron chi connectivity index (χ0n) is 29.1. The molecule has 0 radical (unpaired) electrons. The third-order valence-corrected chi connectivity index (χ3v) is 11.2. The van der Waals surface area contributed by atoms with Crippen molar-refractivity contribution in [2.24, 2.45) is 0 Å². The fourth-order valence-electron chi connectivity index (χ4n) is 8.81. The smallest absolute Gasteiger partial charge is 0.0794 e. The highest BCUT2D eigenvalue weighted by Gasteiger charge is 2.18. The normalized spacial score (nSPS) is 11.9. The lowest BCUT2D eigenvalue weighted by Gasteiger charge is -2.17. The summed E-state index contributed by atoms with van der Waals surface area (Å²) in [6, 6.07) is 61.7. The van der Waals surface area contributed by atoms with Gasteiger partial charge in [0.25, 0.3) is 0 Å². The Kier molecular flexibility index (Phi) is 6.50. The van der Waals surface area contributed by atoms with Crippen molar-refractivity contribution in [3.63, 3.8) is 0 Å². The van der Waals surface area contributed by atoms with Crippen molar-refractivity contribution in [3.8, 4) is 33.5 Å². The summed E-state index contributed by atoms with van der Waals surface area (Å²) < 4.78 is 0. The van der Waals surface area contributed by atoms with Gasteiger partial charge in [-0.1, -0.05) is 158 Å². The summed E-state index contributed by atoms with van der Waals surface area (Å²) in [5.41, 5.74) is 10.3. The molecule has 0 unspecified atom stereocenters. The first-order valence-corrected chi connectivity index (χ1v) is 18.2. The van der Waals surface area contributed by atoms with Gasteiger partial charge in [-0.2, -0.15) is 0 Å². The first-order valence-electron chi connectivity index (χ1n) is 18.2. The van der Waals surface area contributed by atoms with Crippen LogP contribution in [-0.2, 0) is 0 Å². The number of pyridine rings is 2. The number of aromatic nitrogens is 2. The Labute approximate surface area is 306 Å². The average Bonchev–Trinajstić information content (AvgIpc) is 3.23. The van der Waals surface area contributed by atoms with E-state index < -0.39 is 0 Å². The van der Waals surface area contributed by atoms with E-state index in [1.807, 2.05) is 12.3 Å². The molecule has 11 rings (SSSR count). The van der Waals surface area contributed by atoms with Gasteiger partial charge in [0.15, 0.2) is 0 Å². The van der Waals surface area contributed by atoms with E-state index in [-0.39, 0.29) is 0 Å². The minimum Gasteiger partial charge on any atom is -0.256 e. The molecule has 246 valence electrons. The molecule has 0 spiro atoms. The zero-order chi connectivity index (χ0) is 35.0. The maximum atomic E-state index is 5.37. The third-order valence-electron chi connectivity index (χ3n) is 11.2. The summed E-state index contributed by atoms with van der Waals surface area (Å²) in [6.45, 7) is 2.19. The van der Waals surface area contributed by atoms with Crippen molar-refractivity contribution in [1.82, 2.24) is 9.97 Å². The molecule has 9 aromatic carbocycles. The molecule has 2 heteroatoms. The Balaban J connectivity index is 1.10. The molecule has 2 aromatic heterocycles. The molecule has 0 saturated heterocycles. The van der Waals surface area contributed by atoms with E-state index in [0.717, 1.165) is 27.7 Å². The standard InChI is InChI=1S/C51H32N2/c1-31-20-26-41(44-27-25-33-11-10-30-52-50(33)47(31)44)40-29-28-35(36-12-2-3-13-37(36)40)32-21-23-34(24-22-32)51-49-43-17-7-5-15-39(43)38-14-4-6-16-42(38)48(49)45-18-8-9-19-46(45)53-51/h2-30H,1H3. The van der Waals surface area contributed by atoms with Crippen molar-refractivity contribution in [3.05, 3.63) is 182 Å². The van der Waals surface area contributed by atoms with Crippen LogP contribution in [0, 0.1) is 6.92 Å². The molecule has 11 aromatic rings. The fourth-order valence-corrected chi connectivity index (χ4v) is 8.81. The highest BCUT2D eigenvalue weighted by molar-refractivity contribution is 6.33. The van der Waals surface area contributed by atoms with Crippen LogP contribution in [0.15, 0.2) is 176 Å². The maximum absolute atomic E-state index is 5.37. The van der Waals surface area contributed by atoms with Crippen LogP contribution < -0.4 is 0 Å². The number of para-hydroxylation sites is 1. The topological polar surface area (TPSA) is 25.8 Å². The number of benzene rings is 9. The molecule has 0 fully saturated rings. The third kappa shape index (κ3) is 4.46. The Hall–Kier alpha value is -6.90. The highest BCUT2D eigenvalue weighted by Crippen LogP contribution is 2.44. The van der Waals surface area contributed by atoms with E-state index in [1.165, 1.54) is 87.1 Å². The monoisotopic (exact) mass is 672 g/mol. The van der Waals surface area contributed by atoms with Crippen LogP contribution in [0.4, 0.5) is 0 Å². The van der Waals surface area contributed by atoms with Crippen molar-refractivity contribution in [1.29, 1.82) is 0 Å². The molecule has 0 aliphatic heterocycles. The van der Waals surface area contributed by atoms with Crippen molar-refractivity contribution in [2.45, 2.75) is 6.92 Å². The summed E-state index contributed by atoms with van der Waals surface area (Å²) >= 11 is 0. The van der Waals surface area contributed by atoms with Gasteiger partial charge in [0.1, 0.15) is 0 Å². The molecular weight excluding hydrogens is 641 g/mol. The van der Waals surface area contributed by atoms with E-state index in [9.17, 15) is 0 Å².